The molecule has 0 aliphatic carbocycles. The molecule has 0 saturated carbocycles. The van der Waals surface area contributed by atoms with Gasteiger partial charge in [0.05, 0.1) is 5.52 Å². The van der Waals surface area contributed by atoms with E-state index in [0.29, 0.717) is 17.1 Å². The lowest BCUT2D eigenvalue weighted by Gasteiger charge is -1.96. The second-order valence-electron chi connectivity index (χ2n) is 4.43. The highest BCUT2D eigenvalue weighted by Crippen LogP contribution is 2.34. The average molecular weight is 263 g/mol. The van der Waals surface area contributed by atoms with Crippen LogP contribution in [0.4, 0.5) is 5.82 Å². The first-order valence-corrected chi connectivity index (χ1v) is 6.17. The van der Waals surface area contributed by atoms with Crippen molar-refractivity contribution in [3.8, 4) is 11.3 Å². The van der Waals surface area contributed by atoms with Crippen molar-refractivity contribution in [1.82, 2.24) is 9.38 Å². The summed E-state index contributed by atoms with van der Waals surface area (Å²) in [5.41, 5.74) is 2.83. The standard InChI is InChI=1S/C15H9N3O2/c19-17-14-13(10-6-2-1-3-7-10)16-15-18(14)11-8-4-5-9-12(11)20-15/h1-9H. The Hall–Kier alpha value is -2.95. The highest BCUT2D eigenvalue weighted by Gasteiger charge is 2.19. The van der Waals surface area contributed by atoms with E-state index < -0.39 is 0 Å². The molecule has 96 valence electrons. The number of benzene rings is 2. The summed E-state index contributed by atoms with van der Waals surface area (Å²) in [7, 11) is 0. The predicted octanol–water partition coefficient (Wildman–Crippen LogP) is 4.15. The number of imidazole rings is 1. The van der Waals surface area contributed by atoms with Gasteiger partial charge in [0.25, 0.3) is 0 Å². The van der Waals surface area contributed by atoms with E-state index in [1.807, 2.05) is 54.6 Å². The maximum absolute atomic E-state index is 11.3. The van der Waals surface area contributed by atoms with E-state index in [4.69, 9.17) is 4.42 Å². The van der Waals surface area contributed by atoms with Crippen LogP contribution in [0.15, 0.2) is 64.2 Å². The van der Waals surface area contributed by atoms with Crippen molar-refractivity contribution in [3.05, 3.63) is 59.5 Å². The van der Waals surface area contributed by atoms with Gasteiger partial charge in [-0.15, -0.1) is 4.91 Å². The number of para-hydroxylation sites is 2. The molecule has 0 atom stereocenters. The summed E-state index contributed by atoms with van der Waals surface area (Å²) in [6.07, 6.45) is 0. The highest BCUT2D eigenvalue weighted by molar-refractivity contribution is 5.83. The normalized spacial score (nSPS) is 11.2. The summed E-state index contributed by atoms with van der Waals surface area (Å²) in [6, 6.07) is 16.9. The van der Waals surface area contributed by atoms with Crippen molar-refractivity contribution in [3.63, 3.8) is 0 Å². The number of hydrogen-bond donors (Lipinski definition) is 0. The minimum Gasteiger partial charge on any atom is -0.423 e. The fourth-order valence-corrected chi connectivity index (χ4v) is 2.38. The summed E-state index contributed by atoms with van der Waals surface area (Å²) in [4.78, 5) is 15.7. The lowest BCUT2D eigenvalue weighted by molar-refractivity contribution is 0.642. The molecular formula is C15H9N3O2. The van der Waals surface area contributed by atoms with Gasteiger partial charge in [-0.2, -0.15) is 4.98 Å². The molecular weight excluding hydrogens is 254 g/mol. The van der Waals surface area contributed by atoms with Crippen LogP contribution < -0.4 is 0 Å². The summed E-state index contributed by atoms with van der Waals surface area (Å²) in [5.74, 6) is 0.635. The summed E-state index contributed by atoms with van der Waals surface area (Å²) >= 11 is 0. The van der Waals surface area contributed by atoms with Crippen LogP contribution in [0.3, 0.4) is 0 Å². The Balaban J connectivity index is 2.11. The first-order valence-electron chi connectivity index (χ1n) is 6.17. The maximum Gasteiger partial charge on any atom is 0.309 e. The van der Waals surface area contributed by atoms with Crippen LogP contribution in [0.5, 0.6) is 0 Å². The Morgan fingerprint density at radius 1 is 1.00 bits per heavy atom. The molecule has 4 rings (SSSR count). The minimum absolute atomic E-state index is 0.260. The van der Waals surface area contributed by atoms with Gasteiger partial charge in [-0.25, -0.2) is 4.40 Å². The van der Waals surface area contributed by atoms with Gasteiger partial charge in [0.2, 0.25) is 5.82 Å². The third-order valence-electron chi connectivity index (χ3n) is 3.26. The Labute approximate surface area is 113 Å². The molecule has 0 fully saturated rings. The van der Waals surface area contributed by atoms with E-state index in [0.717, 1.165) is 11.1 Å². The Bertz CT molecular complexity index is 922. The van der Waals surface area contributed by atoms with Crippen molar-refractivity contribution >= 4 is 22.8 Å². The van der Waals surface area contributed by atoms with Gasteiger partial charge in [0, 0.05) is 5.56 Å². The number of nitrogens with zero attached hydrogens (tertiary/aromatic N) is 3. The first kappa shape index (κ1) is 10.9. The smallest absolute Gasteiger partial charge is 0.309 e. The Morgan fingerprint density at radius 2 is 1.75 bits per heavy atom. The van der Waals surface area contributed by atoms with Crippen molar-refractivity contribution in [1.29, 1.82) is 0 Å². The number of oxazole rings is 1. The minimum atomic E-state index is 0.260. The van der Waals surface area contributed by atoms with Crippen LogP contribution in [0.25, 0.3) is 28.2 Å². The molecule has 2 heterocycles. The predicted molar refractivity (Wildman–Crippen MR) is 75.9 cm³/mol. The highest BCUT2D eigenvalue weighted by atomic mass is 16.4. The summed E-state index contributed by atoms with van der Waals surface area (Å²) < 4.78 is 7.29. The number of nitroso groups, excluding NO2 is 1. The van der Waals surface area contributed by atoms with E-state index in [1.54, 1.807) is 4.40 Å². The zero-order valence-electron chi connectivity index (χ0n) is 10.4. The molecule has 0 spiro atoms. The van der Waals surface area contributed by atoms with E-state index in [2.05, 4.69) is 10.2 Å². The number of hydrogen-bond acceptors (Lipinski definition) is 4. The number of aromatic nitrogens is 2. The molecule has 0 unspecified atom stereocenters. The molecule has 2 aromatic heterocycles. The largest absolute Gasteiger partial charge is 0.423 e. The molecule has 4 aromatic rings. The third-order valence-corrected chi connectivity index (χ3v) is 3.26. The quantitative estimate of drug-likeness (QED) is 0.510. The second kappa shape index (κ2) is 4.03. The van der Waals surface area contributed by atoms with Crippen molar-refractivity contribution < 1.29 is 4.42 Å². The topological polar surface area (TPSA) is 59.9 Å². The molecule has 5 heteroatoms. The first-order chi connectivity index (χ1) is 9.88. The van der Waals surface area contributed by atoms with Crippen LogP contribution in [0.2, 0.25) is 0 Å². The molecule has 0 aliphatic rings. The molecule has 0 aliphatic heterocycles. The molecule has 0 radical (unpaired) electrons. The van der Waals surface area contributed by atoms with Crippen LogP contribution >= 0.6 is 0 Å². The molecule has 20 heavy (non-hydrogen) atoms. The van der Waals surface area contributed by atoms with E-state index in [-0.39, 0.29) is 5.82 Å². The van der Waals surface area contributed by atoms with Crippen molar-refractivity contribution in [2.24, 2.45) is 5.18 Å². The van der Waals surface area contributed by atoms with Gasteiger partial charge in [0.15, 0.2) is 5.58 Å². The van der Waals surface area contributed by atoms with Crippen LogP contribution in [-0.2, 0) is 0 Å². The van der Waals surface area contributed by atoms with E-state index >= 15 is 0 Å². The van der Waals surface area contributed by atoms with E-state index in [9.17, 15) is 4.91 Å². The van der Waals surface area contributed by atoms with Gasteiger partial charge < -0.3 is 4.42 Å². The monoisotopic (exact) mass is 263 g/mol. The Morgan fingerprint density at radius 3 is 2.55 bits per heavy atom. The average Bonchev–Trinajstić information content (AvgIpc) is 3.03. The fraction of sp³-hybridized carbons (Fsp3) is 0. The SMILES string of the molecule is O=Nc1c(-c2ccccc2)nc2oc3ccccc3n12. The van der Waals surface area contributed by atoms with Gasteiger partial charge in [0.1, 0.15) is 5.69 Å². The molecule has 0 amide bonds. The van der Waals surface area contributed by atoms with E-state index in [1.165, 1.54) is 0 Å². The number of fused-ring (bicyclic) bond motifs is 3. The molecule has 0 bridgehead atoms. The lowest BCUT2D eigenvalue weighted by atomic mass is 10.1. The fourth-order valence-electron chi connectivity index (χ4n) is 2.38. The van der Waals surface area contributed by atoms with Gasteiger partial charge in [-0.05, 0) is 17.3 Å². The maximum atomic E-state index is 11.3. The Kier molecular flexibility index (Phi) is 2.20. The second-order valence-corrected chi connectivity index (χ2v) is 4.43. The van der Waals surface area contributed by atoms with Crippen molar-refractivity contribution in [2.75, 3.05) is 0 Å². The zero-order chi connectivity index (χ0) is 13.5. The molecule has 0 N–H and O–H groups in total. The summed E-state index contributed by atoms with van der Waals surface area (Å²) in [6.45, 7) is 0. The zero-order valence-corrected chi connectivity index (χ0v) is 10.4. The lowest BCUT2D eigenvalue weighted by Crippen LogP contribution is -1.80. The van der Waals surface area contributed by atoms with Crippen molar-refractivity contribution in [2.45, 2.75) is 0 Å². The summed E-state index contributed by atoms with van der Waals surface area (Å²) in [5, 5.41) is 3.15. The number of rotatable bonds is 2. The third kappa shape index (κ3) is 1.40. The van der Waals surface area contributed by atoms with Crippen LogP contribution in [0, 0.1) is 4.91 Å². The van der Waals surface area contributed by atoms with Crippen LogP contribution in [-0.4, -0.2) is 9.38 Å². The van der Waals surface area contributed by atoms with Gasteiger partial charge in [-0.1, -0.05) is 42.5 Å². The van der Waals surface area contributed by atoms with Gasteiger partial charge >= 0.3 is 5.84 Å². The van der Waals surface area contributed by atoms with Gasteiger partial charge in [-0.3, -0.25) is 0 Å². The molecule has 5 nitrogen and oxygen atoms in total. The molecule has 0 saturated heterocycles. The van der Waals surface area contributed by atoms with Crippen LogP contribution in [0.1, 0.15) is 0 Å². The molecule has 2 aromatic carbocycles.